The third-order valence-electron chi connectivity index (χ3n) is 2.67. The zero-order valence-corrected chi connectivity index (χ0v) is 14.3. The summed E-state index contributed by atoms with van der Waals surface area (Å²) in [6, 6.07) is 8.14. The summed E-state index contributed by atoms with van der Waals surface area (Å²) in [6.07, 6.45) is 0.740. The summed E-state index contributed by atoms with van der Waals surface area (Å²) >= 11 is 2.25. The fourth-order valence-corrected chi connectivity index (χ4v) is 1.84. The minimum Gasteiger partial charge on any atom is -0.484 e. The molecule has 0 radical (unpaired) electrons. The molecule has 1 aromatic carbocycles. The first kappa shape index (κ1) is 17.2. The number of hydrogen-bond donors (Lipinski definition) is 1. The van der Waals surface area contributed by atoms with Gasteiger partial charge in [-0.2, -0.15) is 4.98 Å². The van der Waals surface area contributed by atoms with Gasteiger partial charge in [0, 0.05) is 16.0 Å². The molecule has 0 aliphatic heterocycles. The van der Waals surface area contributed by atoms with E-state index in [2.05, 4.69) is 45.0 Å². The molecule has 1 unspecified atom stereocenters. The topological polar surface area (TPSA) is 60.2 Å². The summed E-state index contributed by atoms with van der Waals surface area (Å²) in [4.78, 5) is 4.29. The van der Waals surface area contributed by atoms with E-state index in [4.69, 9.17) is 9.26 Å². The maximum Gasteiger partial charge on any atom is 0.264 e. The van der Waals surface area contributed by atoms with Crippen molar-refractivity contribution in [2.24, 2.45) is 0 Å². The molecule has 0 spiro atoms. The smallest absolute Gasteiger partial charge is 0.264 e. The fraction of sp³-hybridized carbons (Fsp3) is 0.385. The van der Waals surface area contributed by atoms with Crippen LogP contribution in [0.3, 0.4) is 0 Å². The lowest BCUT2D eigenvalue weighted by Gasteiger charge is -2.04. The Kier molecular flexibility index (Phi) is 7.25. The Labute approximate surface area is 138 Å². The second kappa shape index (κ2) is 8.43. The molecule has 0 aliphatic carbocycles. The molecule has 20 heavy (non-hydrogen) atoms. The van der Waals surface area contributed by atoms with Crippen LogP contribution in [0.15, 0.2) is 28.8 Å². The van der Waals surface area contributed by atoms with Gasteiger partial charge in [-0.1, -0.05) is 5.16 Å². The maximum atomic E-state index is 5.58. The molecule has 2 rings (SSSR count). The lowest BCUT2D eigenvalue weighted by Crippen LogP contribution is -2.24. The number of benzene rings is 1. The Balaban J connectivity index is 0.00000200. The molecule has 0 saturated carbocycles. The molecule has 0 saturated heterocycles. The van der Waals surface area contributed by atoms with Crippen molar-refractivity contribution in [1.29, 1.82) is 0 Å². The molecule has 0 amide bonds. The lowest BCUT2D eigenvalue weighted by atomic mass is 10.2. The largest absolute Gasteiger partial charge is 0.484 e. The van der Waals surface area contributed by atoms with Crippen LogP contribution in [0.2, 0.25) is 0 Å². The molecule has 2 aromatic rings. The summed E-state index contributed by atoms with van der Waals surface area (Å²) in [5.74, 6) is 1.99. The van der Waals surface area contributed by atoms with Crippen LogP contribution in [0.25, 0.3) is 0 Å². The molecule has 7 heteroatoms. The van der Waals surface area contributed by atoms with Crippen molar-refractivity contribution < 1.29 is 9.26 Å². The van der Waals surface area contributed by atoms with E-state index in [1.165, 1.54) is 3.57 Å². The van der Waals surface area contributed by atoms with Gasteiger partial charge in [-0.3, -0.25) is 0 Å². The summed E-state index contributed by atoms with van der Waals surface area (Å²) < 4.78 is 11.9. The molecule has 0 fully saturated rings. The van der Waals surface area contributed by atoms with E-state index in [0.29, 0.717) is 24.4 Å². The number of likely N-dealkylation sites (N-methyl/N-ethyl adjacent to an activating group) is 1. The molecular formula is C13H17ClIN3O2. The zero-order chi connectivity index (χ0) is 13.7. The first-order valence-electron chi connectivity index (χ1n) is 6.04. The molecule has 1 N–H and O–H groups in total. The zero-order valence-electron chi connectivity index (χ0n) is 11.3. The molecule has 110 valence electrons. The van der Waals surface area contributed by atoms with Crippen LogP contribution in [0, 0.1) is 3.57 Å². The van der Waals surface area contributed by atoms with Crippen molar-refractivity contribution in [1.82, 2.24) is 15.5 Å². The Morgan fingerprint density at radius 3 is 2.70 bits per heavy atom. The quantitative estimate of drug-likeness (QED) is 0.744. The first-order valence-corrected chi connectivity index (χ1v) is 7.12. The van der Waals surface area contributed by atoms with Gasteiger partial charge in [-0.15, -0.1) is 12.4 Å². The average molecular weight is 410 g/mol. The number of nitrogens with one attached hydrogen (secondary N) is 1. The predicted molar refractivity (Wildman–Crippen MR) is 87.3 cm³/mol. The summed E-state index contributed by atoms with van der Waals surface area (Å²) in [5.41, 5.74) is 0. The van der Waals surface area contributed by atoms with E-state index < -0.39 is 0 Å². The van der Waals surface area contributed by atoms with E-state index in [0.717, 1.165) is 12.2 Å². The summed E-state index contributed by atoms with van der Waals surface area (Å²) in [7, 11) is 1.91. The highest BCUT2D eigenvalue weighted by molar-refractivity contribution is 14.1. The average Bonchev–Trinajstić information content (AvgIpc) is 2.85. The number of halogens is 2. The summed E-state index contributed by atoms with van der Waals surface area (Å²) in [5, 5.41) is 7.06. The molecule has 0 aliphatic rings. The third-order valence-corrected chi connectivity index (χ3v) is 3.39. The molecule has 5 nitrogen and oxygen atoms in total. The van der Waals surface area contributed by atoms with Crippen LogP contribution in [0.4, 0.5) is 0 Å². The van der Waals surface area contributed by atoms with E-state index >= 15 is 0 Å². The highest BCUT2D eigenvalue weighted by Crippen LogP contribution is 2.14. The monoisotopic (exact) mass is 409 g/mol. The number of hydrogen-bond acceptors (Lipinski definition) is 5. The van der Waals surface area contributed by atoms with Gasteiger partial charge in [0.05, 0.1) is 0 Å². The van der Waals surface area contributed by atoms with Crippen molar-refractivity contribution in [3.63, 3.8) is 0 Å². The van der Waals surface area contributed by atoms with Crippen LogP contribution < -0.4 is 10.1 Å². The standard InChI is InChI=1S/C13H16IN3O2.ClH/c1-9(15-2)7-12-16-13(19-17-12)8-18-11-5-3-10(14)4-6-11;/h3-6,9,15H,7-8H2,1-2H3;1H. The van der Waals surface area contributed by atoms with Gasteiger partial charge in [0.1, 0.15) is 5.75 Å². The molecular weight excluding hydrogens is 393 g/mol. The van der Waals surface area contributed by atoms with Crippen LogP contribution in [0.1, 0.15) is 18.6 Å². The third kappa shape index (κ3) is 5.26. The van der Waals surface area contributed by atoms with Gasteiger partial charge < -0.3 is 14.6 Å². The first-order chi connectivity index (χ1) is 9.17. The Hall–Kier alpha value is -0.860. The molecule has 1 aromatic heterocycles. The fourth-order valence-electron chi connectivity index (χ4n) is 1.48. The van der Waals surface area contributed by atoms with Crippen molar-refractivity contribution in [2.75, 3.05) is 7.05 Å². The van der Waals surface area contributed by atoms with Gasteiger partial charge in [0.15, 0.2) is 12.4 Å². The van der Waals surface area contributed by atoms with Crippen LogP contribution >= 0.6 is 35.0 Å². The Morgan fingerprint density at radius 2 is 2.05 bits per heavy atom. The van der Waals surface area contributed by atoms with Gasteiger partial charge >= 0.3 is 0 Å². The maximum absolute atomic E-state index is 5.58. The number of aromatic nitrogens is 2. The van der Waals surface area contributed by atoms with E-state index in [9.17, 15) is 0 Å². The Morgan fingerprint density at radius 1 is 1.35 bits per heavy atom. The van der Waals surface area contributed by atoms with Crippen molar-refractivity contribution in [3.05, 3.63) is 39.6 Å². The molecule has 1 atom stereocenters. The van der Waals surface area contributed by atoms with Crippen molar-refractivity contribution in [3.8, 4) is 5.75 Å². The molecule has 0 bridgehead atoms. The lowest BCUT2D eigenvalue weighted by molar-refractivity contribution is 0.242. The van der Waals surface area contributed by atoms with Crippen LogP contribution in [0.5, 0.6) is 5.75 Å². The molecule has 1 heterocycles. The predicted octanol–water partition coefficient (Wildman–Crippen LogP) is 2.83. The minimum atomic E-state index is 0. The van der Waals surface area contributed by atoms with Gasteiger partial charge in [0.2, 0.25) is 0 Å². The summed E-state index contributed by atoms with van der Waals surface area (Å²) in [6.45, 7) is 2.36. The van der Waals surface area contributed by atoms with E-state index in [1.807, 2.05) is 31.3 Å². The second-order valence-electron chi connectivity index (χ2n) is 4.24. The minimum absolute atomic E-state index is 0. The number of ether oxygens (including phenoxy) is 1. The van der Waals surface area contributed by atoms with Gasteiger partial charge in [-0.25, -0.2) is 0 Å². The van der Waals surface area contributed by atoms with Gasteiger partial charge in [0.25, 0.3) is 5.89 Å². The highest BCUT2D eigenvalue weighted by atomic mass is 127. The SMILES string of the molecule is CNC(C)Cc1noc(COc2ccc(I)cc2)n1.Cl. The number of rotatable bonds is 6. The van der Waals surface area contributed by atoms with Crippen LogP contribution in [-0.2, 0) is 13.0 Å². The van der Waals surface area contributed by atoms with Crippen LogP contribution in [-0.4, -0.2) is 23.2 Å². The van der Waals surface area contributed by atoms with E-state index in [1.54, 1.807) is 0 Å². The van der Waals surface area contributed by atoms with Crippen molar-refractivity contribution >= 4 is 35.0 Å². The van der Waals surface area contributed by atoms with Gasteiger partial charge in [-0.05, 0) is 60.8 Å². The van der Waals surface area contributed by atoms with Crippen molar-refractivity contribution in [2.45, 2.75) is 26.0 Å². The number of nitrogens with zero attached hydrogens (tertiary/aromatic N) is 2. The highest BCUT2D eigenvalue weighted by Gasteiger charge is 2.09. The second-order valence-corrected chi connectivity index (χ2v) is 5.49. The normalized spacial score (nSPS) is 11.8. The van der Waals surface area contributed by atoms with E-state index in [-0.39, 0.29) is 12.4 Å². The Bertz CT molecular complexity index is 519.